The van der Waals surface area contributed by atoms with Gasteiger partial charge in [-0.15, -0.1) is 0 Å². The monoisotopic (exact) mass is 280 g/mol. The fraction of sp³-hybridized carbons (Fsp3) is 0.615. The molecular weight excluding hydrogens is 260 g/mol. The number of carbonyl (C=O) groups excluding carboxylic acids is 1. The van der Waals surface area contributed by atoms with Gasteiger partial charge in [0.2, 0.25) is 0 Å². The van der Waals surface area contributed by atoms with Crippen LogP contribution in [0.25, 0.3) is 0 Å². The molecule has 0 unspecified atom stereocenters. The van der Waals surface area contributed by atoms with E-state index in [2.05, 4.69) is 16.9 Å². The van der Waals surface area contributed by atoms with Gasteiger partial charge in [0.25, 0.3) is 5.91 Å². The first kappa shape index (κ1) is 14.5. The predicted molar refractivity (Wildman–Crippen MR) is 72.5 cm³/mol. The van der Waals surface area contributed by atoms with Gasteiger partial charge >= 0.3 is 5.97 Å². The molecule has 110 valence electrons. The molecular formula is C13H20N4O3. The zero-order valence-corrected chi connectivity index (χ0v) is 11.7. The molecule has 2 rings (SSSR count). The van der Waals surface area contributed by atoms with Crippen LogP contribution < -0.4 is 0 Å². The average molecular weight is 280 g/mol. The molecule has 0 atom stereocenters. The highest BCUT2D eigenvalue weighted by Gasteiger charge is 2.22. The molecule has 0 aliphatic carbocycles. The summed E-state index contributed by atoms with van der Waals surface area (Å²) in [6.07, 6.45) is 1.66. The third-order valence-electron chi connectivity index (χ3n) is 3.52. The molecule has 0 radical (unpaired) electrons. The molecule has 0 aromatic carbocycles. The zero-order chi connectivity index (χ0) is 14.5. The molecule has 1 aliphatic rings. The van der Waals surface area contributed by atoms with Crippen LogP contribution in [0.3, 0.4) is 0 Å². The Morgan fingerprint density at radius 1 is 1.30 bits per heavy atom. The Labute approximate surface area is 117 Å². The second kappa shape index (κ2) is 6.51. The van der Waals surface area contributed by atoms with Crippen molar-refractivity contribution in [1.82, 2.24) is 19.6 Å². The number of rotatable bonds is 5. The van der Waals surface area contributed by atoms with Crippen LogP contribution in [0.2, 0.25) is 0 Å². The van der Waals surface area contributed by atoms with Crippen LogP contribution in [-0.2, 0) is 11.3 Å². The molecule has 0 bridgehead atoms. The standard InChI is InChI=1S/C13H20N4O3/c1-2-15-7-9-16(10-8-15)13(20)11-3-5-17(14-11)6-4-12(18)19/h3,5H,2,4,6-10H2,1H3,(H,18,19). The first-order chi connectivity index (χ1) is 9.60. The van der Waals surface area contributed by atoms with Gasteiger partial charge in [-0.2, -0.15) is 5.10 Å². The summed E-state index contributed by atoms with van der Waals surface area (Å²) < 4.78 is 1.50. The van der Waals surface area contributed by atoms with Gasteiger partial charge in [0, 0.05) is 32.4 Å². The SMILES string of the molecule is CCN1CCN(C(=O)c2ccn(CCC(=O)O)n2)CC1. The molecule has 1 saturated heterocycles. The van der Waals surface area contributed by atoms with Crippen molar-refractivity contribution in [2.75, 3.05) is 32.7 Å². The Hall–Kier alpha value is -1.89. The minimum Gasteiger partial charge on any atom is -0.481 e. The molecule has 1 aromatic heterocycles. The van der Waals surface area contributed by atoms with Gasteiger partial charge in [-0.25, -0.2) is 0 Å². The lowest BCUT2D eigenvalue weighted by atomic mass is 10.3. The first-order valence-electron chi connectivity index (χ1n) is 6.87. The molecule has 1 aromatic rings. The second-order valence-corrected chi connectivity index (χ2v) is 4.83. The number of carboxylic acid groups (broad SMARTS) is 1. The maximum Gasteiger partial charge on any atom is 0.305 e. The summed E-state index contributed by atoms with van der Waals surface area (Å²) in [5.74, 6) is -0.945. The number of carbonyl (C=O) groups is 2. The number of amides is 1. The normalized spacial score (nSPS) is 16.4. The fourth-order valence-electron chi connectivity index (χ4n) is 2.24. The Balaban J connectivity index is 1.91. The summed E-state index contributed by atoms with van der Waals surface area (Å²) in [7, 11) is 0. The van der Waals surface area contributed by atoms with E-state index in [1.165, 1.54) is 4.68 Å². The smallest absolute Gasteiger partial charge is 0.305 e. The van der Waals surface area contributed by atoms with Crippen LogP contribution >= 0.6 is 0 Å². The minimum absolute atomic E-state index is 0.00445. The summed E-state index contributed by atoms with van der Waals surface area (Å²) in [4.78, 5) is 26.9. The van der Waals surface area contributed by atoms with Gasteiger partial charge < -0.3 is 14.9 Å². The van der Waals surface area contributed by atoms with Gasteiger partial charge in [0.1, 0.15) is 5.69 Å². The maximum absolute atomic E-state index is 12.3. The zero-order valence-electron chi connectivity index (χ0n) is 11.7. The Morgan fingerprint density at radius 2 is 2.00 bits per heavy atom. The Bertz CT molecular complexity index is 478. The van der Waals surface area contributed by atoms with E-state index >= 15 is 0 Å². The molecule has 1 aliphatic heterocycles. The van der Waals surface area contributed by atoms with E-state index in [0.717, 1.165) is 19.6 Å². The van der Waals surface area contributed by atoms with Crippen LogP contribution in [0.15, 0.2) is 12.3 Å². The number of aryl methyl sites for hydroxylation is 1. The molecule has 0 saturated carbocycles. The number of piperazine rings is 1. The predicted octanol–water partition coefficient (Wildman–Crippen LogP) is 0.136. The van der Waals surface area contributed by atoms with Crippen LogP contribution in [0.4, 0.5) is 0 Å². The number of carboxylic acids is 1. The number of hydrogen-bond acceptors (Lipinski definition) is 4. The molecule has 0 spiro atoms. The van der Waals surface area contributed by atoms with Crippen molar-refractivity contribution in [3.63, 3.8) is 0 Å². The first-order valence-corrected chi connectivity index (χ1v) is 6.87. The lowest BCUT2D eigenvalue weighted by Gasteiger charge is -2.33. The van der Waals surface area contributed by atoms with E-state index in [4.69, 9.17) is 5.11 Å². The van der Waals surface area contributed by atoms with E-state index < -0.39 is 5.97 Å². The Morgan fingerprint density at radius 3 is 2.60 bits per heavy atom. The second-order valence-electron chi connectivity index (χ2n) is 4.83. The van der Waals surface area contributed by atoms with Crippen LogP contribution in [-0.4, -0.2) is 69.3 Å². The van der Waals surface area contributed by atoms with Gasteiger partial charge in [-0.05, 0) is 12.6 Å². The fourth-order valence-corrected chi connectivity index (χ4v) is 2.24. The van der Waals surface area contributed by atoms with Crippen LogP contribution in [0, 0.1) is 0 Å². The van der Waals surface area contributed by atoms with E-state index in [9.17, 15) is 9.59 Å². The molecule has 7 heteroatoms. The minimum atomic E-state index is -0.871. The highest BCUT2D eigenvalue weighted by molar-refractivity contribution is 5.92. The largest absolute Gasteiger partial charge is 0.481 e. The number of nitrogens with zero attached hydrogens (tertiary/aromatic N) is 4. The third-order valence-corrected chi connectivity index (χ3v) is 3.52. The highest BCUT2D eigenvalue weighted by atomic mass is 16.4. The van der Waals surface area contributed by atoms with Crippen molar-refractivity contribution >= 4 is 11.9 Å². The van der Waals surface area contributed by atoms with Gasteiger partial charge in [-0.1, -0.05) is 6.92 Å². The van der Waals surface area contributed by atoms with Crippen LogP contribution in [0.5, 0.6) is 0 Å². The van der Waals surface area contributed by atoms with E-state index in [1.807, 2.05) is 0 Å². The van der Waals surface area contributed by atoms with Crippen molar-refractivity contribution < 1.29 is 14.7 Å². The van der Waals surface area contributed by atoms with Crippen molar-refractivity contribution in [3.05, 3.63) is 18.0 Å². The average Bonchev–Trinajstić information content (AvgIpc) is 2.93. The van der Waals surface area contributed by atoms with Crippen LogP contribution in [0.1, 0.15) is 23.8 Å². The lowest BCUT2D eigenvalue weighted by Crippen LogP contribution is -2.48. The maximum atomic E-state index is 12.3. The van der Waals surface area contributed by atoms with Gasteiger partial charge in [0.05, 0.1) is 13.0 Å². The third kappa shape index (κ3) is 3.57. The van der Waals surface area contributed by atoms with E-state index in [1.54, 1.807) is 17.2 Å². The summed E-state index contributed by atoms with van der Waals surface area (Å²) in [6, 6.07) is 1.65. The van der Waals surface area contributed by atoms with Gasteiger partial charge in [-0.3, -0.25) is 14.3 Å². The van der Waals surface area contributed by atoms with Gasteiger partial charge in [0.15, 0.2) is 0 Å². The van der Waals surface area contributed by atoms with Crippen molar-refractivity contribution in [3.8, 4) is 0 Å². The molecule has 1 fully saturated rings. The Kier molecular flexibility index (Phi) is 4.73. The molecule has 2 heterocycles. The number of aromatic nitrogens is 2. The number of likely N-dealkylation sites (N-methyl/N-ethyl adjacent to an activating group) is 1. The summed E-state index contributed by atoms with van der Waals surface area (Å²) in [6.45, 7) is 6.62. The number of aliphatic carboxylic acids is 1. The summed E-state index contributed by atoms with van der Waals surface area (Å²) in [5.41, 5.74) is 0.389. The van der Waals surface area contributed by atoms with E-state index in [-0.39, 0.29) is 18.9 Å². The van der Waals surface area contributed by atoms with Crippen molar-refractivity contribution in [1.29, 1.82) is 0 Å². The molecule has 20 heavy (non-hydrogen) atoms. The van der Waals surface area contributed by atoms with E-state index in [0.29, 0.717) is 18.8 Å². The summed E-state index contributed by atoms with van der Waals surface area (Å²) in [5, 5.41) is 12.8. The quantitative estimate of drug-likeness (QED) is 0.829. The summed E-state index contributed by atoms with van der Waals surface area (Å²) >= 11 is 0. The molecule has 1 N–H and O–H groups in total. The number of hydrogen-bond donors (Lipinski definition) is 1. The lowest BCUT2D eigenvalue weighted by molar-refractivity contribution is -0.137. The molecule has 7 nitrogen and oxygen atoms in total. The topological polar surface area (TPSA) is 78.7 Å². The highest BCUT2D eigenvalue weighted by Crippen LogP contribution is 2.07. The van der Waals surface area contributed by atoms with Crippen molar-refractivity contribution in [2.45, 2.75) is 19.9 Å². The van der Waals surface area contributed by atoms with Crippen molar-refractivity contribution in [2.24, 2.45) is 0 Å². The molecule has 1 amide bonds.